The van der Waals surface area contributed by atoms with Gasteiger partial charge in [-0.05, 0) is 141 Å². The Morgan fingerprint density at radius 1 is 0.266 bits per heavy atom. The minimum atomic E-state index is -0.810. The van der Waals surface area contributed by atoms with Crippen molar-refractivity contribution in [1.82, 2.24) is 0 Å². The van der Waals surface area contributed by atoms with Gasteiger partial charge in [0.25, 0.3) is 0 Å². The highest BCUT2D eigenvalue weighted by atomic mass is 16.6. The molecule has 0 heterocycles. The molecule has 0 amide bonds. The maximum Gasteiger partial charge on any atom is 0.306 e. The van der Waals surface area contributed by atoms with E-state index in [1.165, 1.54) is 83.5 Å². The van der Waals surface area contributed by atoms with Crippen LogP contribution in [0.1, 0.15) is 278 Å². The van der Waals surface area contributed by atoms with E-state index in [2.05, 4.69) is 167 Å². The van der Waals surface area contributed by atoms with Crippen LogP contribution in [0.4, 0.5) is 0 Å². The molecular formula is C73H118O6. The van der Waals surface area contributed by atoms with E-state index in [0.29, 0.717) is 12.8 Å². The fourth-order valence-electron chi connectivity index (χ4n) is 8.53. The molecule has 0 spiro atoms. The number of allylic oxidation sites excluding steroid dienone is 24. The molecule has 0 aromatic carbocycles. The summed E-state index contributed by atoms with van der Waals surface area (Å²) in [5, 5.41) is 0. The Balaban J connectivity index is 4.44. The van der Waals surface area contributed by atoms with Crippen LogP contribution in [-0.2, 0) is 28.6 Å². The summed E-state index contributed by atoms with van der Waals surface area (Å²) in [5.74, 6) is -0.951. The number of hydrogen-bond donors (Lipinski definition) is 0. The van der Waals surface area contributed by atoms with Crippen LogP contribution in [0.3, 0.4) is 0 Å². The zero-order valence-electron chi connectivity index (χ0n) is 51.1. The molecule has 6 heteroatoms. The molecule has 0 aromatic heterocycles. The van der Waals surface area contributed by atoms with Crippen molar-refractivity contribution in [2.45, 2.75) is 284 Å². The van der Waals surface area contributed by atoms with Gasteiger partial charge in [-0.1, -0.05) is 263 Å². The van der Waals surface area contributed by atoms with Crippen molar-refractivity contribution in [3.8, 4) is 0 Å². The quantitative estimate of drug-likeness (QED) is 0.0261. The molecule has 6 nitrogen and oxygen atoms in total. The summed E-state index contributed by atoms with van der Waals surface area (Å²) in [6.45, 7) is 6.37. The Morgan fingerprint density at radius 2 is 0.494 bits per heavy atom. The third kappa shape index (κ3) is 64.0. The zero-order valence-corrected chi connectivity index (χ0v) is 51.1. The van der Waals surface area contributed by atoms with Gasteiger partial charge < -0.3 is 14.2 Å². The topological polar surface area (TPSA) is 78.9 Å². The lowest BCUT2D eigenvalue weighted by Crippen LogP contribution is -2.30. The minimum absolute atomic E-state index is 0.103. The fraction of sp³-hybridized carbons (Fsp3) is 0.630. The van der Waals surface area contributed by atoms with Crippen molar-refractivity contribution < 1.29 is 28.6 Å². The molecule has 1 unspecified atom stereocenters. The molecular weight excluding hydrogens is 973 g/mol. The number of esters is 3. The molecule has 0 aliphatic rings. The highest BCUT2D eigenvalue weighted by molar-refractivity contribution is 5.71. The van der Waals surface area contributed by atoms with Crippen LogP contribution >= 0.6 is 0 Å². The van der Waals surface area contributed by atoms with Gasteiger partial charge in [0.1, 0.15) is 13.2 Å². The van der Waals surface area contributed by atoms with Crippen LogP contribution in [0.5, 0.6) is 0 Å². The summed E-state index contributed by atoms with van der Waals surface area (Å²) in [6.07, 6.45) is 94.2. The smallest absolute Gasteiger partial charge is 0.306 e. The molecule has 0 fully saturated rings. The normalized spacial score (nSPS) is 13.1. The van der Waals surface area contributed by atoms with E-state index in [1.54, 1.807) is 0 Å². The second-order valence-electron chi connectivity index (χ2n) is 20.9. The molecule has 0 bridgehead atoms. The average molecular weight is 1090 g/mol. The van der Waals surface area contributed by atoms with Gasteiger partial charge in [0.2, 0.25) is 0 Å². The number of rotatable bonds is 57. The first-order valence-electron chi connectivity index (χ1n) is 32.3. The number of carbonyl (C=O) groups is 3. The van der Waals surface area contributed by atoms with Crippen molar-refractivity contribution in [3.05, 3.63) is 146 Å². The van der Waals surface area contributed by atoms with Crippen molar-refractivity contribution >= 4 is 17.9 Å². The summed E-state index contributed by atoms with van der Waals surface area (Å²) < 4.78 is 16.9. The van der Waals surface area contributed by atoms with E-state index < -0.39 is 6.10 Å². The van der Waals surface area contributed by atoms with Gasteiger partial charge in [-0.25, -0.2) is 0 Å². The highest BCUT2D eigenvalue weighted by Gasteiger charge is 2.19. The van der Waals surface area contributed by atoms with E-state index in [0.717, 1.165) is 154 Å². The van der Waals surface area contributed by atoms with Gasteiger partial charge in [0.05, 0.1) is 0 Å². The van der Waals surface area contributed by atoms with Gasteiger partial charge in [0.15, 0.2) is 6.10 Å². The van der Waals surface area contributed by atoms with Crippen LogP contribution < -0.4 is 0 Å². The summed E-state index contributed by atoms with van der Waals surface area (Å²) >= 11 is 0. The monoisotopic (exact) mass is 1090 g/mol. The number of unbranched alkanes of at least 4 members (excludes halogenated alkanes) is 22. The lowest BCUT2D eigenvalue weighted by Gasteiger charge is -2.18. The minimum Gasteiger partial charge on any atom is -0.462 e. The predicted octanol–water partition coefficient (Wildman–Crippen LogP) is 22.3. The molecule has 0 N–H and O–H groups in total. The van der Waals surface area contributed by atoms with Crippen LogP contribution in [0.2, 0.25) is 0 Å². The predicted molar refractivity (Wildman–Crippen MR) is 343 cm³/mol. The summed E-state index contributed by atoms with van der Waals surface area (Å²) in [7, 11) is 0. The molecule has 446 valence electrons. The Kier molecular flexibility index (Phi) is 61.9. The first-order chi connectivity index (χ1) is 39.0. The Labute approximate surface area is 487 Å². The van der Waals surface area contributed by atoms with Gasteiger partial charge in [-0.15, -0.1) is 0 Å². The second kappa shape index (κ2) is 65.8. The zero-order chi connectivity index (χ0) is 57.1. The molecule has 79 heavy (non-hydrogen) atoms. The van der Waals surface area contributed by atoms with Crippen molar-refractivity contribution in [1.29, 1.82) is 0 Å². The van der Waals surface area contributed by atoms with Crippen molar-refractivity contribution in [2.24, 2.45) is 0 Å². The molecule has 0 saturated carbocycles. The van der Waals surface area contributed by atoms with Crippen LogP contribution in [-0.4, -0.2) is 37.2 Å². The van der Waals surface area contributed by atoms with Crippen molar-refractivity contribution in [2.75, 3.05) is 13.2 Å². The Bertz CT molecular complexity index is 1730. The summed E-state index contributed by atoms with van der Waals surface area (Å²) in [4.78, 5) is 38.3. The highest BCUT2D eigenvalue weighted by Crippen LogP contribution is 2.14. The lowest BCUT2D eigenvalue weighted by atomic mass is 10.1. The van der Waals surface area contributed by atoms with E-state index >= 15 is 0 Å². The molecule has 1 atom stereocenters. The second-order valence-corrected chi connectivity index (χ2v) is 20.9. The van der Waals surface area contributed by atoms with E-state index in [1.807, 2.05) is 0 Å². The van der Waals surface area contributed by atoms with Gasteiger partial charge in [-0.3, -0.25) is 14.4 Å². The largest absolute Gasteiger partial charge is 0.462 e. The van der Waals surface area contributed by atoms with Crippen LogP contribution in [0, 0.1) is 0 Å². The maximum absolute atomic E-state index is 12.9. The van der Waals surface area contributed by atoms with E-state index in [9.17, 15) is 14.4 Å². The van der Waals surface area contributed by atoms with E-state index in [-0.39, 0.29) is 37.5 Å². The molecule has 0 aromatic rings. The third-order valence-electron chi connectivity index (χ3n) is 13.3. The maximum atomic E-state index is 12.9. The number of hydrogen-bond acceptors (Lipinski definition) is 6. The van der Waals surface area contributed by atoms with Crippen LogP contribution in [0.25, 0.3) is 0 Å². The standard InChI is InChI=1S/C73H118O6/c1-4-7-10-13-16-19-22-25-28-30-32-33-34-35-36-37-38-39-41-42-45-48-51-54-57-60-63-66-72(75)78-69-70(68-77-71(74)65-62-59-56-53-50-47-44-27-24-21-18-15-12-9-6-3)79-73(76)67-64-61-58-55-52-49-46-43-40-31-29-26-23-20-17-14-11-8-5-2/h7-8,10-11,16-17,19-20,25-29,32-33,35-36,38-40,43-44,49,52,70H,4-6,9,12-15,18,21-24,30-31,34,37,41-42,45-48,50-51,53-69H2,1-3H3/b10-7-,11-8-,19-16-,20-17-,28-25-,29-26-,33-32-,36-35-,39-38-,43-40-,44-27-,52-49-. The van der Waals surface area contributed by atoms with Gasteiger partial charge in [-0.2, -0.15) is 0 Å². The number of ether oxygens (including phenoxy) is 3. The van der Waals surface area contributed by atoms with Crippen molar-refractivity contribution in [3.63, 3.8) is 0 Å². The Morgan fingerprint density at radius 3 is 0.797 bits per heavy atom. The molecule has 0 radical (unpaired) electrons. The Hall–Kier alpha value is -4.71. The first-order valence-corrected chi connectivity index (χ1v) is 32.3. The number of carbonyl (C=O) groups excluding carboxylic acids is 3. The molecule has 0 aliphatic heterocycles. The van der Waals surface area contributed by atoms with Gasteiger partial charge >= 0.3 is 17.9 Å². The SMILES string of the molecule is CC/C=C\C/C=C\C/C=C\C/C=C\C/C=C\C/C=C\CCCCCCCCCCC(=O)OCC(COC(=O)CCCCCCC/C=C\CCCCCCCC)OC(=O)CCCCC/C=C\C/C=C\C/C=C\C/C=C\C/C=C\CC. The lowest BCUT2D eigenvalue weighted by molar-refractivity contribution is -0.167. The molecule has 0 rings (SSSR count). The molecule has 0 aliphatic carbocycles. The third-order valence-corrected chi connectivity index (χ3v) is 13.3. The van der Waals surface area contributed by atoms with Gasteiger partial charge in [0, 0.05) is 19.3 Å². The molecule has 0 saturated heterocycles. The van der Waals surface area contributed by atoms with Crippen LogP contribution in [0.15, 0.2) is 146 Å². The first kappa shape index (κ1) is 74.3. The fourth-order valence-corrected chi connectivity index (χ4v) is 8.53. The van der Waals surface area contributed by atoms with E-state index in [4.69, 9.17) is 14.2 Å². The summed E-state index contributed by atoms with van der Waals surface area (Å²) in [5.41, 5.74) is 0. The summed E-state index contributed by atoms with van der Waals surface area (Å²) in [6, 6.07) is 0. The average Bonchev–Trinajstić information content (AvgIpc) is 3.45.